The lowest BCUT2D eigenvalue weighted by molar-refractivity contribution is 0.384. The molecule has 0 spiro atoms. The summed E-state index contributed by atoms with van der Waals surface area (Å²) in [6, 6.07) is 10.5. The summed E-state index contributed by atoms with van der Waals surface area (Å²) in [6.45, 7) is 7.00. The molecule has 0 aliphatic carbocycles. The van der Waals surface area contributed by atoms with Gasteiger partial charge in [0, 0.05) is 0 Å². The zero-order valence-corrected chi connectivity index (χ0v) is 12.7. The minimum absolute atomic E-state index is 0.412. The predicted molar refractivity (Wildman–Crippen MR) is 87.4 cm³/mol. The summed E-state index contributed by atoms with van der Waals surface area (Å²) in [7, 11) is 1.55. The van der Waals surface area contributed by atoms with Crippen molar-refractivity contribution in [2.45, 2.75) is 0 Å². The van der Waals surface area contributed by atoms with Gasteiger partial charge in [0.1, 0.15) is 0 Å². The van der Waals surface area contributed by atoms with Gasteiger partial charge in [0.05, 0.1) is 37.3 Å². The van der Waals surface area contributed by atoms with E-state index in [-0.39, 0.29) is 0 Å². The number of hydrogen-bond donors (Lipinski definition) is 0. The lowest BCUT2D eigenvalue weighted by Crippen LogP contribution is -2.02. The van der Waals surface area contributed by atoms with Gasteiger partial charge in [-0.25, -0.2) is 14.6 Å². The topological polar surface area (TPSA) is 73.7 Å². The van der Waals surface area contributed by atoms with Gasteiger partial charge in [-0.2, -0.15) is 14.8 Å². The van der Waals surface area contributed by atoms with Crippen LogP contribution in [-0.4, -0.2) is 28.0 Å². The van der Waals surface area contributed by atoms with Crippen LogP contribution in [0.5, 0.6) is 5.88 Å². The summed E-state index contributed by atoms with van der Waals surface area (Å²) >= 11 is 0. The molecular weight excluding hydrogens is 306 g/mol. The van der Waals surface area contributed by atoms with Crippen LogP contribution in [-0.2, 0) is 4.79 Å². The Balaban J connectivity index is 2.02. The minimum atomic E-state index is 0.412. The van der Waals surface area contributed by atoms with E-state index < -0.39 is 0 Å². The number of rotatable bonds is 4. The Labute approximate surface area is 137 Å². The molecule has 24 heavy (non-hydrogen) atoms. The maximum absolute atomic E-state index is 10.3. The number of aromatic nitrogens is 3. The van der Waals surface area contributed by atoms with Crippen LogP contribution in [0.4, 0.5) is 11.4 Å². The molecule has 7 nitrogen and oxygen atoms in total. The first-order chi connectivity index (χ1) is 11.8. The summed E-state index contributed by atoms with van der Waals surface area (Å²) < 4.78 is 7.02. The van der Waals surface area contributed by atoms with Crippen molar-refractivity contribution in [1.82, 2.24) is 14.8 Å². The maximum Gasteiger partial charge on any atom is 0.240 e. The van der Waals surface area contributed by atoms with Gasteiger partial charge in [-0.1, -0.05) is 24.3 Å². The van der Waals surface area contributed by atoms with E-state index in [1.807, 2.05) is 12.1 Å². The Hall–Kier alpha value is -3.75. The largest absolute Gasteiger partial charge is 0.480 e. The van der Waals surface area contributed by atoms with E-state index in [1.54, 1.807) is 42.3 Å². The van der Waals surface area contributed by atoms with Crippen molar-refractivity contribution in [3.63, 3.8) is 0 Å². The molecule has 0 unspecified atom stereocenters. The molecule has 0 radical (unpaired) electrons. The van der Waals surface area contributed by atoms with E-state index in [2.05, 4.69) is 19.9 Å². The highest BCUT2D eigenvalue weighted by Crippen LogP contribution is 2.32. The van der Waals surface area contributed by atoms with Crippen LogP contribution in [0.2, 0.25) is 0 Å². The second-order valence-electron chi connectivity index (χ2n) is 4.72. The number of isocyanates is 1. The van der Waals surface area contributed by atoms with Crippen LogP contribution in [0, 0.1) is 6.57 Å². The summed E-state index contributed by atoms with van der Waals surface area (Å²) in [5, 5.41) is 4.31. The first kappa shape index (κ1) is 15.2. The molecule has 0 bridgehead atoms. The molecule has 0 aliphatic rings. The molecule has 116 valence electrons. The predicted octanol–water partition coefficient (Wildman–Crippen LogP) is 3.46. The van der Waals surface area contributed by atoms with Crippen LogP contribution < -0.4 is 4.74 Å². The van der Waals surface area contributed by atoms with E-state index in [9.17, 15) is 4.79 Å². The van der Waals surface area contributed by atoms with Crippen LogP contribution >= 0.6 is 0 Å². The van der Waals surface area contributed by atoms with Gasteiger partial charge in [0.15, 0.2) is 11.5 Å². The van der Waals surface area contributed by atoms with Crippen LogP contribution in [0.25, 0.3) is 21.8 Å². The number of methoxy groups -OCH3 is 1. The van der Waals surface area contributed by atoms with Crippen LogP contribution in [0.3, 0.4) is 0 Å². The van der Waals surface area contributed by atoms with Crippen molar-refractivity contribution in [2.75, 3.05) is 7.11 Å². The number of aliphatic imine (C=N–C) groups is 1. The summed E-state index contributed by atoms with van der Waals surface area (Å²) in [4.78, 5) is 21.4. The number of hydrogen-bond acceptors (Lipinski definition) is 5. The van der Waals surface area contributed by atoms with E-state index in [4.69, 9.17) is 11.3 Å². The summed E-state index contributed by atoms with van der Waals surface area (Å²) in [5.41, 5.74) is 2.64. The third-order valence-electron chi connectivity index (χ3n) is 3.35. The van der Waals surface area contributed by atoms with Gasteiger partial charge in [0.25, 0.3) is 0 Å². The van der Waals surface area contributed by atoms with Crippen molar-refractivity contribution in [3.05, 3.63) is 60.2 Å². The number of carbonyl (C=O) groups excluding carboxylic acids is 1. The van der Waals surface area contributed by atoms with E-state index in [0.717, 1.165) is 11.1 Å². The molecule has 0 saturated carbocycles. The number of ether oxygens (including phenoxy) is 1. The molecule has 0 amide bonds. The fourth-order valence-corrected chi connectivity index (χ4v) is 2.23. The molecule has 0 fully saturated rings. The first-order valence-electron chi connectivity index (χ1n) is 6.91. The standard InChI is InChI=1S/C17H11N5O2/c1-18-13-5-3-12(4-6-13)15-10-21-22(17(15)24-2)16-8-7-14(9-19-16)20-11-23/h3-10H,2H3. The molecular formula is C17H11N5O2. The molecule has 0 aliphatic heterocycles. The van der Waals surface area contributed by atoms with Gasteiger partial charge >= 0.3 is 0 Å². The maximum atomic E-state index is 10.3. The number of benzene rings is 1. The molecule has 0 saturated heterocycles. The molecule has 0 atom stereocenters. The molecule has 2 aromatic heterocycles. The highest BCUT2D eigenvalue weighted by Gasteiger charge is 2.15. The van der Waals surface area contributed by atoms with E-state index in [0.29, 0.717) is 23.1 Å². The van der Waals surface area contributed by atoms with Crippen molar-refractivity contribution >= 4 is 17.5 Å². The second kappa shape index (κ2) is 6.57. The molecule has 3 rings (SSSR count). The average Bonchev–Trinajstić information content (AvgIpc) is 3.06. The lowest BCUT2D eigenvalue weighted by atomic mass is 10.1. The van der Waals surface area contributed by atoms with Gasteiger partial charge in [-0.05, 0) is 17.7 Å². The molecule has 0 N–H and O–H groups in total. The quantitative estimate of drug-likeness (QED) is 0.419. The Morgan fingerprint density at radius 3 is 2.58 bits per heavy atom. The first-order valence-corrected chi connectivity index (χ1v) is 6.91. The summed E-state index contributed by atoms with van der Waals surface area (Å²) in [5.74, 6) is 1.05. The highest BCUT2D eigenvalue weighted by molar-refractivity contribution is 5.71. The van der Waals surface area contributed by atoms with Crippen molar-refractivity contribution in [1.29, 1.82) is 0 Å². The Morgan fingerprint density at radius 1 is 1.21 bits per heavy atom. The Morgan fingerprint density at radius 2 is 2.00 bits per heavy atom. The summed E-state index contributed by atoms with van der Waals surface area (Å²) in [6.07, 6.45) is 4.59. The van der Waals surface area contributed by atoms with Crippen LogP contribution in [0.15, 0.2) is 53.8 Å². The minimum Gasteiger partial charge on any atom is -0.480 e. The molecule has 1 aromatic carbocycles. The fourth-order valence-electron chi connectivity index (χ4n) is 2.23. The molecule has 2 heterocycles. The SMILES string of the molecule is [C-]#[N+]c1ccc(-c2cnn(-c3ccc(N=C=O)cn3)c2OC)cc1. The highest BCUT2D eigenvalue weighted by atomic mass is 16.5. The lowest BCUT2D eigenvalue weighted by Gasteiger charge is -2.07. The van der Waals surface area contributed by atoms with Crippen molar-refractivity contribution < 1.29 is 9.53 Å². The number of nitrogens with zero attached hydrogens (tertiary/aromatic N) is 5. The Bertz CT molecular complexity index is 946. The zero-order valence-electron chi connectivity index (χ0n) is 12.7. The van der Waals surface area contributed by atoms with Crippen molar-refractivity contribution in [3.8, 4) is 22.8 Å². The van der Waals surface area contributed by atoms with Gasteiger partial charge in [-0.15, -0.1) is 0 Å². The third kappa shape index (κ3) is 2.77. The van der Waals surface area contributed by atoms with Gasteiger partial charge < -0.3 is 4.74 Å². The zero-order chi connectivity index (χ0) is 16.9. The second-order valence-corrected chi connectivity index (χ2v) is 4.72. The Kier molecular flexibility index (Phi) is 4.15. The number of pyridine rings is 1. The normalized spacial score (nSPS) is 9.83. The van der Waals surface area contributed by atoms with E-state index >= 15 is 0 Å². The molecule has 7 heteroatoms. The smallest absolute Gasteiger partial charge is 0.240 e. The average molecular weight is 317 g/mol. The van der Waals surface area contributed by atoms with Crippen molar-refractivity contribution in [2.24, 2.45) is 4.99 Å². The monoisotopic (exact) mass is 317 g/mol. The van der Waals surface area contributed by atoms with Crippen LogP contribution in [0.1, 0.15) is 0 Å². The van der Waals surface area contributed by atoms with Gasteiger partial charge in [0.2, 0.25) is 12.0 Å². The molecule has 3 aromatic rings. The van der Waals surface area contributed by atoms with Gasteiger partial charge in [-0.3, -0.25) is 0 Å². The fraction of sp³-hybridized carbons (Fsp3) is 0.0588. The third-order valence-corrected chi connectivity index (χ3v) is 3.35. The van der Waals surface area contributed by atoms with E-state index in [1.165, 1.54) is 12.3 Å².